The lowest BCUT2D eigenvalue weighted by Crippen LogP contribution is -2.36. The van der Waals surface area contributed by atoms with E-state index in [1.165, 1.54) is 17.0 Å². The predicted octanol–water partition coefficient (Wildman–Crippen LogP) is 1.75. The monoisotopic (exact) mass is 224 g/mol. The van der Waals surface area contributed by atoms with Crippen LogP contribution in [0.1, 0.15) is 30.8 Å². The lowest BCUT2D eigenvalue weighted by atomic mass is 10.1. The summed E-state index contributed by atoms with van der Waals surface area (Å²) >= 11 is 0. The van der Waals surface area contributed by atoms with Crippen molar-refractivity contribution >= 4 is 0 Å². The fraction of sp³-hybridized carbons (Fsp3) is 0.692. The summed E-state index contributed by atoms with van der Waals surface area (Å²) in [6.07, 6.45) is 0. The van der Waals surface area contributed by atoms with E-state index >= 15 is 0 Å². The molecule has 2 N–H and O–H groups in total. The average molecular weight is 224 g/mol. The van der Waals surface area contributed by atoms with E-state index in [2.05, 4.69) is 50.7 Å². The summed E-state index contributed by atoms with van der Waals surface area (Å²) in [5, 5.41) is 12.6. The van der Waals surface area contributed by atoms with Crippen LogP contribution >= 0.6 is 0 Å². The van der Waals surface area contributed by atoms with Gasteiger partial charge in [0.15, 0.2) is 0 Å². The molecular weight excluding hydrogens is 200 g/mol. The third kappa shape index (κ3) is 2.86. The number of hydrogen-bond acceptors (Lipinski definition) is 2. The fourth-order valence-electron chi connectivity index (χ4n) is 1.86. The van der Waals surface area contributed by atoms with Crippen LogP contribution in [0.25, 0.3) is 0 Å². The van der Waals surface area contributed by atoms with Crippen LogP contribution in [0.15, 0.2) is 6.07 Å². The Morgan fingerprint density at radius 3 is 2.38 bits per heavy atom. The first-order valence-electron chi connectivity index (χ1n) is 5.93. The maximum atomic E-state index is 9.24. The van der Waals surface area contributed by atoms with Crippen LogP contribution in [0, 0.1) is 19.8 Å². The molecule has 1 aromatic heterocycles. The van der Waals surface area contributed by atoms with Gasteiger partial charge in [-0.2, -0.15) is 0 Å². The van der Waals surface area contributed by atoms with Crippen molar-refractivity contribution in [1.82, 2.24) is 9.88 Å². The fourth-order valence-corrected chi connectivity index (χ4v) is 1.86. The van der Waals surface area contributed by atoms with E-state index in [1.54, 1.807) is 0 Å². The summed E-state index contributed by atoms with van der Waals surface area (Å²) in [5.74, 6) is 0.454. The Kier molecular flexibility index (Phi) is 4.56. The number of aromatic nitrogens is 1. The topological polar surface area (TPSA) is 37.2 Å². The zero-order valence-corrected chi connectivity index (χ0v) is 11.0. The third-order valence-electron chi connectivity index (χ3n) is 3.44. The molecule has 1 atom stereocenters. The van der Waals surface area contributed by atoms with Crippen molar-refractivity contribution in [3.8, 4) is 0 Å². The highest BCUT2D eigenvalue weighted by atomic mass is 16.3. The van der Waals surface area contributed by atoms with Crippen molar-refractivity contribution in [2.75, 3.05) is 6.61 Å². The molecule has 0 spiro atoms. The summed E-state index contributed by atoms with van der Waals surface area (Å²) < 4.78 is 2.19. The van der Waals surface area contributed by atoms with Gasteiger partial charge in [-0.25, -0.2) is 0 Å². The number of aliphatic hydroxyl groups excluding tert-OH is 1. The molecule has 0 aromatic carbocycles. The minimum absolute atomic E-state index is 0.180. The first-order chi connectivity index (χ1) is 7.47. The molecule has 0 bridgehead atoms. The Morgan fingerprint density at radius 2 is 2.00 bits per heavy atom. The van der Waals surface area contributed by atoms with Crippen molar-refractivity contribution in [3.05, 3.63) is 23.0 Å². The largest absolute Gasteiger partial charge is 0.395 e. The quantitative estimate of drug-likeness (QED) is 0.799. The van der Waals surface area contributed by atoms with Crippen LogP contribution < -0.4 is 5.32 Å². The highest BCUT2D eigenvalue weighted by Gasteiger charge is 2.12. The molecule has 92 valence electrons. The first-order valence-corrected chi connectivity index (χ1v) is 5.93. The normalized spacial score (nSPS) is 13.4. The number of nitrogens with one attached hydrogen (secondary N) is 1. The summed E-state index contributed by atoms with van der Waals surface area (Å²) in [5.41, 5.74) is 3.89. The molecule has 0 radical (unpaired) electrons. The number of aliphatic hydroxyl groups is 1. The Balaban J connectivity index is 2.64. The number of aryl methyl sites for hydroxylation is 1. The van der Waals surface area contributed by atoms with Crippen molar-refractivity contribution in [3.63, 3.8) is 0 Å². The standard InChI is InChI=1S/C13H24N2O/c1-9(2)13(8-16)14-7-12-6-10(3)15(5)11(12)4/h6,9,13-14,16H,7-8H2,1-5H3/t13-/m1/s1. The lowest BCUT2D eigenvalue weighted by molar-refractivity contribution is 0.210. The molecule has 1 heterocycles. The van der Waals surface area contributed by atoms with Crippen LogP contribution in [-0.2, 0) is 13.6 Å². The number of rotatable bonds is 5. The zero-order valence-electron chi connectivity index (χ0n) is 11.0. The van der Waals surface area contributed by atoms with Crippen molar-refractivity contribution < 1.29 is 5.11 Å². The van der Waals surface area contributed by atoms with Gasteiger partial charge in [-0.3, -0.25) is 0 Å². The summed E-state index contributed by atoms with van der Waals surface area (Å²) in [6.45, 7) is 9.52. The van der Waals surface area contributed by atoms with Gasteiger partial charge in [-0.1, -0.05) is 13.8 Å². The van der Waals surface area contributed by atoms with Crippen LogP contribution in [0.4, 0.5) is 0 Å². The van der Waals surface area contributed by atoms with Gasteiger partial charge in [0, 0.05) is 31.0 Å². The number of nitrogens with zero attached hydrogens (tertiary/aromatic N) is 1. The van der Waals surface area contributed by atoms with Crippen LogP contribution in [0.3, 0.4) is 0 Å². The van der Waals surface area contributed by atoms with Gasteiger partial charge >= 0.3 is 0 Å². The molecule has 3 heteroatoms. The van der Waals surface area contributed by atoms with Crippen molar-refractivity contribution in [1.29, 1.82) is 0 Å². The minimum Gasteiger partial charge on any atom is -0.395 e. The lowest BCUT2D eigenvalue weighted by Gasteiger charge is -2.19. The zero-order chi connectivity index (χ0) is 12.3. The maximum Gasteiger partial charge on any atom is 0.0587 e. The molecule has 0 aliphatic rings. The van der Waals surface area contributed by atoms with E-state index in [-0.39, 0.29) is 12.6 Å². The van der Waals surface area contributed by atoms with E-state index in [9.17, 15) is 5.11 Å². The van der Waals surface area contributed by atoms with E-state index < -0.39 is 0 Å². The molecule has 0 saturated carbocycles. The predicted molar refractivity (Wildman–Crippen MR) is 67.4 cm³/mol. The van der Waals surface area contributed by atoms with Crippen LogP contribution in [0.2, 0.25) is 0 Å². The first kappa shape index (κ1) is 13.3. The average Bonchev–Trinajstić information content (AvgIpc) is 2.47. The van der Waals surface area contributed by atoms with Crippen molar-refractivity contribution in [2.45, 2.75) is 40.3 Å². The molecule has 3 nitrogen and oxygen atoms in total. The Hall–Kier alpha value is -0.800. The Bertz CT molecular complexity index is 342. The molecule has 0 amide bonds. The maximum absolute atomic E-state index is 9.24. The molecule has 16 heavy (non-hydrogen) atoms. The molecule has 1 aromatic rings. The van der Waals surface area contributed by atoms with E-state index in [0.29, 0.717) is 5.92 Å². The second kappa shape index (κ2) is 5.51. The van der Waals surface area contributed by atoms with Gasteiger partial charge in [0.1, 0.15) is 0 Å². The van der Waals surface area contributed by atoms with E-state index in [1.807, 2.05) is 0 Å². The van der Waals surface area contributed by atoms with Gasteiger partial charge < -0.3 is 15.0 Å². The molecule has 0 unspecified atom stereocenters. The molecular formula is C13H24N2O. The number of hydrogen-bond donors (Lipinski definition) is 2. The summed E-state index contributed by atoms with van der Waals surface area (Å²) in [4.78, 5) is 0. The molecule has 0 saturated heterocycles. The van der Waals surface area contributed by atoms with Crippen LogP contribution in [-0.4, -0.2) is 22.3 Å². The van der Waals surface area contributed by atoms with Crippen LogP contribution in [0.5, 0.6) is 0 Å². The Morgan fingerprint density at radius 1 is 1.38 bits per heavy atom. The highest BCUT2D eigenvalue weighted by molar-refractivity contribution is 5.26. The van der Waals surface area contributed by atoms with Crippen molar-refractivity contribution in [2.24, 2.45) is 13.0 Å². The highest BCUT2D eigenvalue weighted by Crippen LogP contribution is 2.13. The van der Waals surface area contributed by atoms with Gasteiger partial charge in [0.25, 0.3) is 0 Å². The SMILES string of the molecule is Cc1cc(CN[C@H](CO)C(C)C)c(C)n1C. The molecule has 0 aliphatic carbocycles. The smallest absolute Gasteiger partial charge is 0.0587 e. The van der Waals surface area contributed by atoms with E-state index in [4.69, 9.17) is 0 Å². The third-order valence-corrected chi connectivity index (χ3v) is 3.44. The molecule has 0 aliphatic heterocycles. The Labute approximate surface area is 98.5 Å². The van der Waals surface area contributed by atoms with Gasteiger partial charge in [-0.15, -0.1) is 0 Å². The van der Waals surface area contributed by atoms with E-state index in [0.717, 1.165) is 6.54 Å². The van der Waals surface area contributed by atoms with Gasteiger partial charge in [0.2, 0.25) is 0 Å². The second-order valence-corrected chi connectivity index (χ2v) is 4.87. The minimum atomic E-state index is 0.180. The summed E-state index contributed by atoms with van der Waals surface area (Å²) in [6, 6.07) is 2.39. The summed E-state index contributed by atoms with van der Waals surface area (Å²) in [7, 11) is 2.08. The second-order valence-electron chi connectivity index (χ2n) is 4.87. The van der Waals surface area contributed by atoms with Gasteiger partial charge in [-0.05, 0) is 31.4 Å². The molecule has 0 fully saturated rings. The molecule has 1 rings (SSSR count). The van der Waals surface area contributed by atoms with Gasteiger partial charge in [0.05, 0.1) is 6.61 Å².